The SMILES string of the molecule is C/C(=C/c1ccccc1Cl)C(=O)c1ccc(Cl)cc1. The lowest BCUT2D eigenvalue weighted by atomic mass is 10.0. The highest BCUT2D eigenvalue weighted by Crippen LogP contribution is 2.20. The predicted octanol–water partition coefficient (Wildman–Crippen LogP) is 5.28. The van der Waals surface area contributed by atoms with Crippen LogP contribution in [0.2, 0.25) is 10.0 Å². The molecule has 3 heteroatoms. The highest BCUT2D eigenvalue weighted by atomic mass is 35.5. The normalized spacial score (nSPS) is 11.4. The van der Waals surface area contributed by atoms with Gasteiger partial charge in [-0.3, -0.25) is 4.79 Å². The summed E-state index contributed by atoms with van der Waals surface area (Å²) in [6, 6.07) is 14.3. The van der Waals surface area contributed by atoms with E-state index in [0.29, 0.717) is 21.2 Å². The maximum atomic E-state index is 12.2. The van der Waals surface area contributed by atoms with E-state index in [2.05, 4.69) is 0 Å². The summed E-state index contributed by atoms with van der Waals surface area (Å²) < 4.78 is 0. The van der Waals surface area contributed by atoms with Gasteiger partial charge in [0.1, 0.15) is 0 Å². The van der Waals surface area contributed by atoms with Crippen LogP contribution < -0.4 is 0 Å². The lowest BCUT2D eigenvalue weighted by Gasteiger charge is -2.03. The molecule has 0 radical (unpaired) electrons. The molecule has 0 aromatic heterocycles. The predicted molar refractivity (Wildman–Crippen MR) is 80.9 cm³/mol. The fourth-order valence-corrected chi connectivity index (χ4v) is 2.04. The van der Waals surface area contributed by atoms with E-state index in [1.165, 1.54) is 0 Å². The van der Waals surface area contributed by atoms with Gasteiger partial charge in [-0.15, -0.1) is 0 Å². The number of hydrogen-bond donors (Lipinski definition) is 0. The number of carbonyl (C=O) groups is 1. The fraction of sp³-hybridized carbons (Fsp3) is 0.0625. The van der Waals surface area contributed by atoms with E-state index in [-0.39, 0.29) is 5.78 Å². The van der Waals surface area contributed by atoms with Gasteiger partial charge in [0.2, 0.25) is 0 Å². The van der Waals surface area contributed by atoms with Crippen molar-refractivity contribution in [3.63, 3.8) is 0 Å². The molecule has 0 unspecified atom stereocenters. The zero-order chi connectivity index (χ0) is 13.8. The Kier molecular flexibility index (Phi) is 4.41. The van der Waals surface area contributed by atoms with Crippen molar-refractivity contribution in [2.75, 3.05) is 0 Å². The molecular weight excluding hydrogens is 279 g/mol. The topological polar surface area (TPSA) is 17.1 Å². The number of allylic oxidation sites excluding steroid dienone is 1. The van der Waals surface area contributed by atoms with E-state index < -0.39 is 0 Å². The monoisotopic (exact) mass is 290 g/mol. The average Bonchev–Trinajstić information content (AvgIpc) is 2.41. The summed E-state index contributed by atoms with van der Waals surface area (Å²) in [6.45, 7) is 1.78. The molecule has 0 N–H and O–H groups in total. The Morgan fingerprint density at radius 1 is 1.00 bits per heavy atom. The fourth-order valence-electron chi connectivity index (χ4n) is 1.72. The third kappa shape index (κ3) is 3.46. The van der Waals surface area contributed by atoms with Crippen LogP contribution in [0.15, 0.2) is 54.1 Å². The average molecular weight is 291 g/mol. The summed E-state index contributed by atoms with van der Waals surface area (Å²) in [6.07, 6.45) is 1.79. The molecule has 2 aromatic carbocycles. The molecule has 0 amide bonds. The minimum absolute atomic E-state index is 0.0309. The van der Waals surface area contributed by atoms with Gasteiger partial charge in [0.05, 0.1) is 0 Å². The van der Waals surface area contributed by atoms with Crippen molar-refractivity contribution in [3.05, 3.63) is 75.3 Å². The number of halogens is 2. The van der Waals surface area contributed by atoms with Crippen LogP contribution in [0.5, 0.6) is 0 Å². The first kappa shape index (κ1) is 13.9. The molecule has 96 valence electrons. The van der Waals surface area contributed by atoms with Crippen LogP contribution >= 0.6 is 23.2 Å². The van der Waals surface area contributed by atoms with Crippen LogP contribution in [0, 0.1) is 0 Å². The van der Waals surface area contributed by atoms with E-state index >= 15 is 0 Å². The minimum atomic E-state index is -0.0309. The first-order valence-corrected chi connectivity index (χ1v) is 6.56. The Balaban J connectivity index is 2.29. The van der Waals surface area contributed by atoms with Gasteiger partial charge in [-0.2, -0.15) is 0 Å². The number of Topliss-reactive ketones (excluding diaryl/α,β-unsaturated/α-hetero) is 1. The van der Waals surface area contributed by atoms with E-state index in [1.54, 1.807) is 43.3 Å². The molecule has 0 saturated heterocycles. The molecule has 2 aromatic rings. The Morgan fingerprint density at radius 3 is 2.26 bits per heavy atom. The van der Waals surface area contributed by atoms with Crippen LogP contribution in [0.1, 0.15) is 22.8 Å². The van der Waals surface area contributed by atoms with Gasteiger partial charge >= 0.3 is 0 Å². The lowest BCUT2D eigenvalue weighted by Crippen LogP contribution is -2.00. The molecule has 2 rings (SSSR count). The van der Waals surface area contributed by atoms with Crippen LogP contribution in [0.3, 0.4) is 0 Å². The summed E-state index contributed by atoms with van der Waals surface area (Å²) in [5.41, 5.74) is 2.09. The van der Waals surface area contributed by atoms with Gasteiger partial charge < -0.3 is 0 Å². The largest absolute Gasteiger partial charge is 0.289 e. The van der Waals surface area contributed by atoms with Crippen LogP contribution in [-0.2, 0) is 0 Å². The number of hydrogen-bond acceptors (Lipinski definition) is 1. The second kappa shape index (κ2) is 6.05. The van der Waals surface area contributed by atoms with Crippen molar-refractivity contribution >= 4 is 35.1 Å². The zero-order valence-electron chi connectivity index (χ0n) is 10.4. The maximum Gasteiger partial charge on any atom is 0.188 e. The first-order chi connectivity index (χ1) is 9.08. The van der Waals surface area contributed by atoms with Gasteiger partial charge in [0, 0.05) is 15.6 Å². The van der Waals surface area contributed by atoms with Crippen LogP contribution in [0.4, 0.5) is 0 Å². The van der Waals surface area contributed by atoms with Crippen molar-refractivity contribution in [2.45, 2.75) is 6.92 Å². The Morgan fingerprint density at radius 2 is 1.63 bits per heavy atom. The molecule has 1 nitrogen and oxygen atoms in total. The van der Waals surface area contributed by atoms with Gasteiger partial charge in [-0.25, -0.2) is 0 Å². The molecule has 0 saturated carbocycles. The summed E-state index contributed by atoms with van der Waals surface area (Å²) in [4.78, 5) is 12.2. The molecule has 0 atom stereocenters. The molecule has 0 spiro atoms. The molecule has 0 bridgehead atoms. The van der Waals surface area contributed by atoms with Crippen molar-refractivity contribution in [1.29, 1.82) is 0 Å². The second-order valence-corrected chi connectivity index (χ2v) is 5.03. The molecule has 0 fully saturated rings. The molecule has 0 aliphatic heterocycles. The summed E-state index contributed by atoms with van der Waals surface area (Å²) >= 11 is 11.9. The standard InChI is InChI=1S/C16H12Cl2O/c1-11(10-13-4-2-3-5-15(13)18)16(19)12-6-8-14(17)9-7-12/h2-10H,1H3/b11-10-. The Hall–Kier alpha value is -1.57. The van der Waals surface area contributed by atoms with Crippen molar-refractivity contribution < 1.29 is 4.79 Å². The molecule has 19 heavy (non-hydrogen) atoms. The maximum absolute atomic E-state index is 12.2. The van der Waals surface area contributed by atoms with Gasteiger partial charge in [0.15, 0.2) is 5.78 Å². The van der Waals surface area contributed by atoms with Crippen molar-refractivity contribution in [1.82, 2.24) is 0 Å². The molecule has 0 aliphatic carbocycles. The van der Waals surface area contributed by atoms with Gasteiger partial charge in [-0.1, -0.05) is 41.4 Å². The summed E-state index contributed by atoms with van der Waals surface area (Å²) in [5.74, 6) is -0.0309. The minimum Gasteiger partial charge on any atom is -0.289 e. The van der Waals surface area contributed by atoms with Gasteiger partial charge in [0.25, 0.3) is 0 Å². The molecule has 0 aliphatic rings. The van der Waals surface area contributed by atoms with Crippen LogP contribution in [-0.4, -0.2) is 5.78 Å². The van der Waals surface area contributed by atoms with Crippen LogP contribution in [0.25, 0.3) is 6.08 Å². The van der Waals surface area contributed by atoms with Crippen molar-refractivity contribution in [2.24, 2.45) is 0 Å². The Labute approximate surface area is 122 Å². The van der Waals surface area contributed by atoms with Crippen molar-refractivity contribution in [3.8, 4) is 0 Å². The Bertz CT molecular complexity index is 627. The van der Waals surface area contributed by atoms with E-state index in [4.69, 9.17) is 23.2 Å². The summed E-state index contributed by atoms with van der Waals surface area (Å²) in [7, 11) is 0. The highest BCUT2D eigenvalue weighted by Gasteiger charge is 2.08. The van der Waals surface area contributed by atoms with Gasteiger partial charge in [-0.05, 0) is 54.5 Å². The molecular formula is C16H12Cl2O. The second-order valence-electron chi connectivity index (χ2n) is 4.18. The quantitative estimate of drug-likeness (QED) is 0.555. The van der Waals surface area contributed by atoms with E-state index in [1.807, 2.05) is 18.2 Å². The smallest absolute Gasteiger partial charge is 0.188 e. The zero-order valence-corrected chi connectivity index (χ0v) is 11.9. The third-order valence-electron chi connectivity index (χ3n) is 2.74. The number of carbonyl (C=O) groups excluding carboxylic acids is 1. The highest BCUT2D eigenvalue weighted by molar-refractivity contribution is 6.32. The first-order valence-electron chi connectivity index (χ1n) is 5.81. The number of ketones is 1. The molecule has 0 heterocycles. The third-order valence-corrected chi connectivity index (χ3v) is 3.34. The summed E-state index contributed by atoms with van der Waals surface area (Å²) in [5, 5.41) is 1.25. The number of benzene rings is 2. The van der Waals surface area contributed by atoms with E-state index in [9.17, 15) is 4.79 Å². The van der Waals surface area contributed by atoms with E-state index in [0.717, 1.165) is 5.56 Å². The lowest BCUT2D eigenvalue weighted by molar-refractivity contribution is 0.103. The number of rotatable bonds is 3.